The van der Waals surface area contributed by atoms with Crippen molar-refractivity contribution in [1.82, 2.24) is 4.90 Å². The molecule has 1 fully saturated rings. The van der Waals surface area contributed by atoms with Gasteiger partial charge in [-0.15, -0.1) is 0 Å². The zero-order valence-electron chi connectivity index (χ0n) is 15.1. The maximum absolute atomic E-state index is 13.1. The number of carboxylic acid groups (broad SMARTS) is 1. The first-order valence-electron chi connectivity index (χ1n) is 8.06. The number of likely N-dealkylation sites (tertiary alicyclic amines) is 1. The first kappa shape index (κ1) is 20.9. The molecule has 26 heavy (non-hydrogen) atoms. The van der Waals surface area contributed by atoms with Gasteiger partial charge in [-0.1, -0.05) is 45.1 Å². The Bertz CT molecular complexity index is 855. The Kier molecular flexibility index (Phi) is 5.59. The summed E-state index contributed by atoms with van der Waals surface area (Å²) in [6.45, 7) is 7.23. The smallest absolute Gasteiger partial charge is 0.323 e. The van der Waals surface area contributed by atoms with Gasteiger partial charge in [0.2, 0.25) is 5.91 Å². The van der Waals surface area contributed by atoms with Crippen LogP contribution in [-0.2, 0) is 24.8 Å². The zero-order valence-corrected chi connectivity index (χ0v) is 18.0. The van der Waals surface area contributed by atoms with Crippen LogP contribution in [0.15, 0.2) is 41.3 Å². The number of carbonyl (C=O) groups is 2. The number of aliphatic carboxylic acids is 1. The predicted octanol–water partition coefficient (Wildman–Crippen LogP) is 2.76. The van der Waals surface area contributed by atoms with E-state index in [2.05, 4.69) is 0 Å². The molecular weight excluding hydrogens is 469 g/mol. The van der Waals surface area contributed by atoms with Crippen molar-refractivity contribution < 1.29 is 23.1 Å². The van der Waals surface area contributed by atoms with E-state index in [4.69, 9.17) is 5.11 Å². The number of β-lactam (4-membered cyclic amide) rings is 1. The van der Waals surface area contributed by atoms with Gasteiger partial charge in [-0.05, 0) is 52.6 Å². The lowest BCUT2D eigenvalue weighted by molar-refractivity contribution is -0.153. The Morgan fingerprint density at radius 3 is 2.27 bits per heavy atom. The van der Waals surface area contributed by atoms with Gasteiger partial charge in [0.1, 0.15) is 10.1 Å². The summed E-state index contributed by atoms with van der Waals surface area (Å²) in [4.78, 5) is 24.6. The summed E-state index contributed by atoms with van der Waals surface area (Å²) in [6.07, 6.45) is 3.18. The zero-order chi connectivity index (χ0) is 19.9. The highest BCUT2D eigenvalue weighted by molar-refractivity contribution is 14.1. The Morgan fingerprint density at radius 2 is 1.85 bits per heavy atom. The van der Waals surface area contributed by atoms with Crippen molar-refractivity contribution in [2.45, 2.75) is 46.8 Å². The van der Waals surface area contributed by atoms with Gasteiger partial charge in [-0.2, -0.15) is 0 Å². The van der Waals surface area contributed by atoms with Crippen LogP contribution in [0.5, 0.6) is 0 Å². The monoisotopic (exact) mass is 491 g/mol. The lowest BCUT2D eigenvalue weighted by Crippen LogP contribution is -2.73. The average molecular weight is 491 g/mol. The number of carbonyl (C=O) groups excluding carboxylic acids is 1. The van der Waals surface area contributed by atoms with Gasteiger partial charge in [0, 0.05) is 0 Å². The lowest BCUT2D eigenvalue weighted by atomic mass is 9.87. The number of carboxylic acids is 1. The molecule has 0 spiro atoms. The minimum Gasteiger partial charge on any atom is -0.480 e. The fourth-order valence-electron chi connectivity index (χ4n) is 2.94. The molecular formula is C18H22INO5S. The van der Waals surface area contributed by atoms with E-state index in [0.29, 0.717) is 0 Å². The normalized spacial score (nSPS) is 24.0. The number of hydrogen-bond acceptors (Lipinski definition) is 4. The Labute approximate surface area is 167 Å². The highest BCUT2D eigenvalue weighted by atomic mass is 127. The van der Waals surface area contributed by atoms with Crippen LogP contribution in [0, 0.1) is 0 Å². The number of sulfone groups is 1. The SMILES string of the molecule is CC=CC1(I)C(S(=O)(=O)c2ccc(C(C)(C)C)cc2)C(=O)N1CC(=O)O. The number of benzene rings is 1. The van der Waals surface area contributed by atoms with Crippen molar-refractivity contribution in [1.29, 1.82) is 0 Å². The molecule has 0 aromatic heterocycles. The summed E-state index contributed by atoms with van der Waals surface area (Å²) < 4.78 is 24.9. The van der Waals surface area contributed by atoms with Gasteiger partial charge in [-0.25, -0.2) is 8.42 Å². The molecule has 0 aliphatic carbocycles. The van der Waals surface area contributed by atoms with E-state index in [0.717, 1.165) is 10.5 Å². The van der Waals surface area contributed by atoms with Crippen LogP contribution in [0.1, 0.15) is 33.3 Å². The van der Waals surface area contributed by atoms with E-state index in [9.17, 15) is 18.0 Å². The minimum atomic E-state index is -3.96. The molecule has 1 aromatic rings. The number of rotatable bonds is 5. The molecule has 2 rings (SSSR count). The minimum absolute atomic E-state index is 0.0596. The first-order chi connectivity index (χ1) is 11.9. The molecule has 1 saturated heterocycles. The van der Waals surface area contributed by atoms with Crippen molar-refractivity contribution in [3.8, 4) is 0 Å². The predicted molar refractivity (Wildman–Crippen MR) is 107 cm³/mol. The molecule has 1 amide bonds. The Morgan fingerprint density at radius 1 is 1.31 bits per heavy atom. The quantitative estimate of drug-likeness (QED) is 0.225. The number of amides is 1. The Hall–Kier alpha value is -1.42. The van der Waals surface area contributed by atoms with Gasteiger partial charge in [0.15, 0.2) is 15.1 Å². The number of halogens is 1. The lowest BCUT2D eigenvalue weighted by Gasteiger charge is -2.51. The van der Waals surface area contributed by atoms with Gasteiger partial charge >= 0.3 is 5.97 Å². The third-order valence-corrected chi connectivity index (χ3v) is 8.42. The second-order valence-electron chi connectivity index (χ2n) is 7.25. The van der Waals surface area contributed by atoms with Gasteiger partial charge in [-0.3, -0.25) is 9.59 Å². The van der Waals surface area contributed by atoms with Crippen molar-refractivity contribution >= 4 is 44.3 Å². The van der Waals surface area contributed by atoms with Crippen molar-refractivity contribution in [3.63, 3.8) is 0 Å². The molecule has 2 unspecified atom stereocenters. The maximum atomic E-state index is 13.1. The molecule has 8 heteroatoms. The summed E-state index contributed by atoms with van der Waals surface area (Å²) in [6, 6.07) is 6.51. The van der Waals surface area contributed by atoms with E-state index in [1.807, 2.05) is 43.4 Å². The maximum Gasteiger partial charge on any atom is 0.323 e. The molecule has 1 heterocycles. The topological polar surface area (TPSA) is 91.8 Å². The second-order valence-corrected chi connectivity index (χ2v) is 11.0. The molecule has 2 atom stereocenters. The number of hydrogen-bond donors (Lipinski definition) is 1. The number of alkyl halides is 1. The molecule has 1 aliphatic rings. The van der Waals surface area contributed by atoms with Crippen molar-refractivity contribution in [3.05, 3.63) is 42.0 Å². The molecule has 6 nitrogen and oxygen atoms in total. The fraction of sp³-hybridized carbons (Fsp3) is 0.444. The van der Waals surface area contributed by atoms with Crippen LogP contribution >= 0.6 is 22.6 Å². The standard InChI is InChI=1S/C18H22INO5S/c1-5-10-18(19)15(16(23)20(18)11-14(21)22)26(24,25)13-8-6-12(7-9-13)17(2,3)4/h5-10,15H,11H2,1-4H3,(H,21,22). The number of nitrogens with zero attached hydrogens (tertiary/aromatic N) is 1. The largest absolute Gasteiger partial charge is 0.480 e. The van der Waals surface area contributed by atoms with Crippen molar-refractivity contribution in [2.24, 2.45) is 0 Å². The highest BCUT2D eigenvalue weighted by Gasteiger charge is 2.64. The van der Waals surface area contributed by atoms with E-state index in [1.54, 1.807) is 31.2 Å². The highest BCUT2D eigenvalue weighted by Crippen LogP contribution is 2.45. The summed E-state index contributed by atoms with van der Waals surface area (Å²) in [5.74, 6) is -1.88. The van der Waals surface area contributed by atoms with E-state index in [1.165, 1.54) is 12.1 Å². The van der Waals surface area contributed by atoms with Crippen LogP contribution in [0.4, 0.5) is 0 Å². The van der Waals surface area contributed by atoms with Crippen LogP contribution in [0.3, 0.4) is 0 Å². The molecule has 0 radical (unpaired) electrons. The molecule has 1 aliphatic heterocycles. The number of allylic oxidation sites excluding steroid dienone is 1. The average Bonchev–Trinajstić information content (AvgIpc) is 2.52. The molecule has 0 saturated carbocycles. The molecule has 1 aromatic carbocycles. The van der Waals surface area contributed by atoms with Crippen LogP contribution in [0.25, 0.3) is 0 Å². The summed E-state index contributed by atoms with van der Waals surface area (Å²) in [5.41, 5.74) is 0.864. The van der Waals surface area contributed by atoms with Crippen LogP contribution < -0.4 is 0 Å². The third-order valence-electron chi connectivity index (χ3n) is 4.32. The second kappa shape index (κ2) is 6.95. The third kappa shape index (κ3) is 3.53. The van der Waals surface area contributed by atoms with Gasteiger partial charge in [0.25, 0.3) is 0 Å². The summed E-state index contributed by atoms with van der Waals surface area (Å²) in [7, 11) is -3.96. The summed E-state index contributed by atoms with van der Waals surface area (Å²) in [5, 5.41) is 7.67. The van der Waals surface area contributed by atoms with Gasteiger partial charge in [0.05, 0.1) is 4.90 Å². The van der Waals surface area contributed by atoms with Gasteiger partial charge < -0.3 is 10.0 Å². The van der Waals surface area contributed by atoms with Crippen LogP contribution in [-0.4, -0.2) is 45.6 Å². The molecule has 142 valence electrons. The van der Waals surface area contributed by atoms with E-state index in [-0.39, 0.29) is 10.3 Å². The van der Waals surface area contributed by atoms with Crippen molar-refractivity contribution in [2.75, 3.05) is 6.54 Å². The Balaban J connectivity index is 2.44. The van der Waals surface area contributed by atoms with E-state index < -0.39 is 37.1 Å². The fourth-order valence-corrected chi connectivity index (χ4v) is 6.80. The summed E-state index contributed by atoms with van der Waals surface area (Å²) >= 11 is 1.85. The molecule has 1 N–H and O–H groups in total. The van der Waals surface area contributed by atoms with Crippen LogP contribution in [0.2, 0.25) is 0 Å². The molecule has 0 bridgehead atoms. The van der Waals surface area contributed by atoms with E-state index >= 15 is 0 Å². The first-order valence-corrected chi connectivity index (χ1v) is 10.7.